The van der Waals surface area contributed by atoms with Crippen LogP contribution >= 0.6 is 11.6 Å². The van der Waals surface area contributed by atoms with E-state index in [1.807, 2.05) is 13.0 Å². The van der Waals surface area contributed by atoms with Crippen LogP contribution in [0.5, 0.6) is 11.5 Å². The second kappa shape index (κ2) is 6.54. The molecule has 0 fully saturated rings. The van der Waals surface area contributed by atoms with Crippen molar-refractivity contribution in [2.24, 2.45) is 0 Å². The number of hydrogen-bond acceptors (Lipinski definition) is 4. The third kappa shape index (κ3) is 3.60. The van der Waals surface area contributed by atoms with Crippen LogP contribution in [0.3, 0.4) is 0 Å². The SMILES string of the molecule is CCCC(C)(NCc1cc(Cl)c2c(c1)OCCO2)C(=O)O. The molecule has 1 aromatic rings. The van der Waals surface area contributed by atoms with Gasteiger partial charge in [-0.1, -0.05) is 24.9 Å². The Hall–Kier alpha value is -1.46. The summed E-state index contributed by atoms with van der Waals surface area (Å²) in [6.07, 6.45) is 1.35. The normalized spacial score (nSPS) is 16.3. The van der Waals surface area contributed by atoms with Crippen molar-refractivity contribution in [1.82, 2.24) is 5.32 Å². The minimum absolute atomic E-state index is 0.402. The molecule has 0 radical (unpaired) electrons. The Labute approximate surface area is 129 Å². The lowest BCUT2D eigenvalue weighted by Crippen LogP contribution is -2.48. The van der Waals surface area contributed by atoms with E-state index >= 15 is 0 Å². The number of ether oxygens (including phenoxy) is 2. The second-order valence-electron chi connectivity index (χ2n) is 5.34. The van der Waals surface area contributed by atoms with E-state index in [0.29, 0.717) is 42.7 Å². The fraction of sp³-hybridized carbons (Fsp3) is 0.533. The van der Waals surface area contributed by atoms with Crippen molar-refractivity contribution in [2.75, 3.05) is 13.2 Å². The van der Waals surface area contributed by atoms with Crippen LogP contribution in [0.15, 0.2) is 12.1 Å². The molecule has 116 valence electrons. The lowest BCUT2D eigenvalue weighted by molar-refractivity contribution is -0.144. The molecule has 0 aromatic heterocycles. The lowest BCUT2D eigenvalue weighted by Gasteiger charge is -2.26. The van der Waals surface area contributed by atoms with Crippen molar-refractivity contribution in [2.45, 2.75) is 38.8 Å². The minimum atomic E-state index is -0.950. The molecule has 0 amide bonds. The van der Waals surface area contributed by atoms with Crippen molar-refractivity contribution in [3.8, 4) is 11.5 Å². The van der Waals surface area contributed by atoms with Crippen LogP contribution < -0.4 is 14.8 Å². The van der Waals surface area contributed by atoms with Crippen LogP contribution in [0.25, 0.3) is 0 Å². The zero-order valence-corrected chi connectivity index (χ0v) is 13.0. The fourth-order valence-electron chi connectivity index (χ4n) is 2.33. The molecular formula is C15H20ClNO4. The summed E-state index contributed by atoms with van der Waals surface area (Å²) in [4.78, 5) is 11.4. The van der Waals surface area contributed by atoms with Crippen LogP contribution in [-0.4, -0.2) is 29.8 Å². The predicted molar refractivity (Wildman–Crippen MR) is 80.2 cm³/mol. The number of fused-ring (bicyclic) bond motifs is 1. The number of nitrogens with one attached hydrogen (secondary N) is 1. The van der Waals surface area contributed by atoms with Crippen molar-refractivity contribution in [1.29, 1.82) is 0 Å². The quantitative estimate of drug-likeness (QED) is 0.845. The highest BCUT2D eigenvalue weighted by Gasteiger charge is 2.31. The van der Waals surface area contributed by atoms with Crippen molar-refractivity contribution in [3.63, 3.8) is 0 Å². The van der Waals surface area contributed by atoms with Gasteiger partial charge < -0.3 is 14.6 Å². The first-order valence-electron chi connectivity index (χ1n) is 7.02. The number of carboxylic acids is 1. The molecule has 2 rings (SSSR count). The van der Waals surface area contributed by atoms with Crippen LogP contribution in [0.2, 0.25) is 5.02 Å². The maximum Gasteiger partial charge on any atom is 0.323 e. The van der Waals surface area contributed by atoms with Gasteiger partial charge in [-0.3, -0.25) is 10.1 Å². The molecule has 1 aliphatic heterocycles. The summed E-state index contributed by atoms with van der Waals surface area (Å²) in [6, 6.07) is 3.61. The van der Waals surface area contributed by atoms with E-state index in [9.17, 15) is 9.90 Å². The summed E-state index contributed by atoms with van der Waals surface area (Å²) in [7, 11) is 0. The van der Waals surface area contributed by atoms with Gasteiger partial charge in [0.2, 0.25) is 0 Å². The maximum absolute atomic E-state index is 11.4. The van der Waals surface area contributed by atoms with Gasteiger partial charge in [-0.2, -0.15) is 0 Å². The largest absolute Gasteiger partial charge is 0.486 e. The summed E-state index contributed by atoms with van der Waals surface area (Å²) < 4.78 is 11.0. The Bertz CT molecular complexity index is 535. The van der Waals surface area contributed by atoms with Crippen LogP contribution in [0, 0.1) is 0 Å². The number of benzene rings is 1. The van der Waals surface area contributed by atoms with Crippen molar-refractivity contribution < 1.29 is 19.4 Å². The Morgan fingerprint density at radius 1 is 1.43 bits per heavy atom. The van der Waals surface area contributed by atoms with E-state index in [4.69, 9.17) is 21.1 Å². The van der Waals surface area contributed by atoms with E-state index in [1.165, 1.54) is 0 Å². The number of carboxylic acid groups (broad SMARTS) is 1. The highest BCUT2D eigenvalue weighted by molar-refractivity contribution is 6.32. The molecule has 0 bridgehead atoms. The number of halogens is 1. The predicted octanol–water partition coefficient (Wildman–Crippen LogP) is 2.84. The van der Waals surface area contributed by atoms with Gasteiger partial charge in [-0.15, -0.1) is 0 Å². The number of aliphatic carboxylic acids is 1. The number of rotatable bonds is 6. The molecule has 0 aliphatic carbocycles. The molecule has 1 atom stereocenters. The molecule has 0 saturated carbocycles. The monoisotopic (exact) mass is 313 g/mol. The molecule has 1 heterocycles. The topological polar surface area (TPSA) is 67.8 Å². The Morgan fingerprint density at radius 2 is 2.14 bits per heavy atom. The van der Waals surface area contributed by atoms with E-state index in [1.54, 1.807) is 13.0 Å². The summed E-state index contributed by atoms with van der Waals surface area (Å²) in [6.45, 7) is 5.03. The van der Waals surface area contributed by atoms with Gasteiger partial charge in [0, 0.05) is 6.54 Å². The zero-order chi connectivity index (χ0) is 15.5. The van der Waals surface area contributed by atoms with E-state index in [-0.39, 0.29) is 0 Å². The van der Waals surface area contributed by atoms with E-state index in [2.05, 4.69) is 5.32 Å². The van der Waals surface area contributed by atoms with Gasteiger partial charge in [0.25, 0.3) is 0 Å². The second-order valence-corrected chi connectivity index (χ2v) is 5.75. The average molecular weight is 314 g/mol. The summed E-state index contributed by atoms with van der Waals surface area (Å²) in [5.41, 5.74) is -0.0816. The number of carbonyl (C=O) groups is 1. The van der Waals surface area contributed by atoms with Gasteiger partial charge in [0.05, 0.1) is 5.02 Å². The molecular weight excluding hydrogens is 294 g/mol. The molecule has 1 aliphatic rings. The van der Waals surface area contributed by atoms with Gasteiger partial charge in [0.15, 0.2) is 11.5 Å². The van der Waals surface area contributed by atoms with Gasteiger partial charge in [0.1, 0.15) is 18.8 Å². The standard InChI is InChI=1S/C15H20ClNO4/c1-3-4-15(2,14(18)19)17-9-10-7-11(16)13-12(8-10)20-5-6-21-13/h7-8,17H,3-6,9H2,1-2H3,(H,18,19). The average Bonchev–Trinajstić information content (AvgIpc) is 2.45. The first kappa shape index (κ1) is 15.9. The third-order valence-corrected chi connectivity index (χ3v) is 3.84. The smallest absolute Gasteiger partial charge is 0.323 e. The maximum atomic E-state index is 11.4. The molecule has 0 saturated heterocycles. The van der Waals surface area contributed by atoms with Crippen LogP contribution in [0.1, 0.15) is 32.3 Å². The van der Waals surface area contributed by atoms with Crippen molar-refractivity contribution in [3.05, 3.63) is 22.7 Å². The molecule has 21 heavy (non-hydrogen) atoms. The van der Waals surface area contributed by atoms with Gasteiger partial charge >= 0.3 is 5.97 Å². The third-order valence-electron chi connectivity index (χ3n) is 3.56. The lowest BCUT2D eigenvalue weighted by atomic mass is 9.96. The van der Waals surface area contributed by atoms with Crippen molar-refractivity contribution >= 4 is 17.6 Å². The molecule has 1 unspecified atom stereocenters. The summed E-state index contributed by atoms with van der Waals surface area (Å²) in [5.74, 6) is 0.312. The first-order valence-corrected chi connectivity index (χ1v) is 7.40. The Balaban J connectivity index is 2.13. The van der Waals surface area contributed by atoms with Gasteiger partial charge in [-0.05, 0) is 31.0 Å². The number of hydrogen-bond donors (Lipinski definition) is 2. The highest BCUT2D eigenvalue weighted by Crippen LogP contribution is 2.38. The molecule has 0 spiro atoms. The van der Waals surface area contributed by atoms with E-state index in [0.717, 1.165) is 12.0 Å². The summed E-state index contributed by atoms with van der Waals surface area (Å²) >= 11 is 6.17. The van der Waals surface area contributed by atoms with E-state index < -0.39 is 11.5 Å². The fourth-order valence-corrected chi connectivity index (χ4v) is 2.62. The molecule has 2 N–H and O–H groups in total. The Kier molecular flexibility index (Phi) is 4.96. The Morgan fingerprint density at radius 3 is 2.81 bits per heavy atom. The zero-order valence-electron chi connectivity index (χ0n) is 12.2. The van der Waals surface area contributed by atoms with Crippen LogP contribution in [-0.2, 0) is 11.3 Å². The van der Waals surface area contributed by atoms with Gasteiger partial charge in [-0.25, -0.2) is 0 Å². The molecule has 1 aromatic carbocycles. The summed E-state index contributed by atoms with van der Waals surface area (Å²) in [5, 5.41) is 12.9. The molecule has 5 nitrogen and oxygen atoms in total. The molecule has 6 heteroatoms. The first-order chi connectivity index (χ1) is 9.96. The highest BCUT2D eigenvalue weighted by atomic mass is 35.5. The van der Waals surface area contributed by atoms with Crippen LogP contribution in [0.4, 0.5) is 0 Å². The minimum Gasteiger partial charge on any atom is -0.486 e.